The molecule has 0 bridgehead atoms. The van der Waals surface area contributed by atoms with Gasteiger partial charge in [-0.2, -0.15) is 0 Å². The number of halogens is 1. The molecule has 3 nitrogen and oxygen atoms in total. The van der Waals surface area contributed by atoms with Crippen LogP contribution in [0.3, 0.4) is 0 Å². The lowest BCUT2D eigenvalue weighted by molar-refractivity contribution is 0.113. The minimum atomic E-state index is -0.658. The molecule has 1 rings (SSSR count). The Morgan fingerprint density at radius 3 is 2.72 bits per heavy atom. The van der Waals surface area contributed by atoms with Gasteiger partial charge in [0, 0.05) is 21.2 Å². The summed E-state index contributed by atoms with van der Waals surface area (Å²) in [7, 11) is 0. The Labute approximate surface area is 121 Å². The van der Waals surface area contributed by atoms with Crippen molar-refractivity contribution in [3.8, 4) is 0 Å². The maximum Gasteiger partial charge on any atom is 0.0864 e. The van der Waals surface area contributed by atoms with Crippen molar-refractivity contribution in [1.82, 2.24) is 5.32 Å². The van der Waals surface area contributed by atoms with Gasteiger partial charge in [-0.15, -0.1) is 11.8 Å². The van der Waals surface area contributed by atoms with Gasteiger partial charge in [-0.1, -0.05) is 28.9 Å². The van der Waals surface area contributed by atoms with Crippen molar-refractivity contribution in [2.75, 3.05) is 18.9 Å². The number of rotatable bonds is 7. The fraction of sp³-hybridized carbons (Fsp3) is 0.538. The molecule has 0 saturated heterocycles. The minimum absolute atomic E-state index is 0.191. The van der Waals surface area contributed by atoms with Gasteiger partial charge < -0.3 is 15.5 Å². The van der Waals surface area contributed by atoms with E-state index >= 15 is 0 Å². The van der Waals surface area contributed by atoms with Crippen LogP contribution in [-0.2, 0) is 0 Å². The monoisotopic (exact) mass is 333 g/mol. The van der Waals surface area contributed by atoms with E-state index in [-0.39, 0.29) is 6.61 Å². The highest BCUT2D eigenvalue weighted by atomic mass is 79.9. The average Bonchev–Trinajstić information content (AvgIpc) is 2.36. The van der Waals surface area contributed by atoms with E-state index in [9.17, 15) is 5.11 Å². The summed E-state index contributed by atoms with van der Waals surface area (Å²) in [6.07, 6.45) is -0.658. The third kappa shape index (κ3) is 4.90. The molecule has 5 heteroatoms. The Balaban J connectivity index is 2.67. The van der Waals surface area contributed by atoms with Gasteiger partial charge in [-0.05, 0) is 31.2 Å². The molecule has 0 heterocycles. The molecule has 2 unspecified atom stereocenters. The number of aliphatic hydroxyl groups excluding tert-OH is 2. The molecule has 0 aliphatic rings. The summed E-state index contributed by atoms with van der Waals surface area (Å²) in [5.74, 6) is 0.505. The molecule has 1 aromatic carbocycles. The minimum Gasteiger partial charge on any atom is -0.394 e. The van der Waals surface area contributed by atoms with Crippen LogP contribution in [0.1, 0.15) is 25.5 Å². The molecule has 0 saturated carbocycles. The average molecular weight is 334 g/mol. The van der Waals surface area contributed by atoms with E-state index in [1.54, 1.807) is 11.8 Å². The summed E-state index contributed by atoms with van der Waals surface area (Å²) >= 11 is 5.12. The lowest BCUT2D eigenvalue weighted by Crippen LogP contribution is -2.18. The van der Waals surface area contributed by atoms with Gasteiger partial charge in [0.2, 0.25) is 0 Å². The third-order valence-electron chi connectivity index (χ3n) is 2.60. The Hall–Kier alpha value is -0.0700. The van der Waals surface area contributed by atoms with Crippen LogP contribution >= 0.6 is 27.7 Å². The number of thioether (sulfide) groups is 1. The molecular formula is C13H20BrNO2S. The maximum absolute atomic E-state index is 9.31. The van der Waals surface area contributed by atoms with Crippen molar-refractivity contribution in [2.45, 2.75) is 30.9 Å². The molecule has 0 radical (unpaired) electrons. The standard InChI is InChI=1S/C13H20BrNO2S/c1-3-15-9(2)12-5-4-11(6-13(12)14)18-8-10(17)7-16/h4-6,9-10,15-17H,3,7-8H2,1-2H3. The van der Waals surface area contributed by atoms with Gasteiger partial charge in [0.25, 0.3) is 0 Å². The lowest BCUT2D eigenvalue weighted by atomic mass is 10.1. The highest BCUT2D eigenvalue weighted by Crippen LogP contribution is 2.29. The zero-order chi connectivity index (χ0) is 13.5. The summed E-state index contributed by atoms with van der Waals surface area (Å²) in [4.78, 5) is 1.09. The third-order valence-corrected chi connectivity index (χ3v) is 4.43. The first-order chi connectivity index (χ1) is 8.58. The molecular weight excluding hydrogens is 314 g/mol. The number of hydrogen-bond donors (Lipinski definition) is 3. The second-order valence-electron chi connectivity index (χ2n) is 4.11. The van der Waals surface area contributed by atoms with Gasteiger partial charge in [0.15, 0.2) is 0 Å². The van der Waals surface area contributed by atoms with Crippen molar-refractivity contribution < 1.29 is 10.2 Å². The van der Waals surface area contributed by atoms with Crippen LogP contribution in [-0.4, -0.2) is 35.2 Å². The molecule has 1 aromatic rings. The quantitative estimate of drug-likeness (QED) is 0.671. The van der Waals surface area contributed by atoms with E-state index in [0.717, 1.165) is 15.9 Å². The van der Waals surface area contributed by atoms with Crippen LogP contribution < -0.4 is 5.32 Å². The van der Waals surface area contributed by atoms with Gasteiger partial charge in [-0.25, -0.2) is 0 Å². The summed E-state index contributed by atoms with van der Waals surface area (Å²) in [6, 6.07) is 6.50. The second kappa shape index (κ2) is 8.17. The number of nitrogens with one attached hydrogen (secondary N) is 1. The van der Waals surface area contributed by atoms with Gasteiger partial charge in [0.05, 0.1) is 12.7 Å². The largest absolute Gasteiger partial charge is 0.394 e. The predicted octanol–water partition coefficient (Wildman–Crippen LogP) is 2.56. The van der Waals surface area contributed by atoms with Crippen LogP contribution in [0.2, 0.25) is 0 Å². The molecule has 0 spiro atoms. The van der Waals surface area contributed by atoms with Crippen LogP contribution in [0.4, 0.5) is 0 Å². The van der Waals surface area contributed by atoms with Crippen molar-refractivity contribution in [3.63, 3.8) is 0 Å². The highest BCUT2D eigenvalue weighted by molar-refractivity contribution is 9.10. The van der Waals surface area contributed by atoms with E-state index in [1.807, 2.05) is 6.07 Å². The molecule has 0 aliphatic heterocycles. The molecule has 0 aromatic heterocycles. The summed E-state index contributed by atoms with van der Waals surface area (Å²) in [5.41, 5.74) is 1.23. The van der Waals surface area contributed by atoms with Crippen LogP contribution in [0.5, 0.6) is 0 Å². The summed E-state index contributed by atoms with van der Waals surface area (Å²) < 4.78 is 1.07. The summed E-state index contributed by atoms with van der Waals surface area (Å²) in [5, 5.41) is 21.4. The first-order valence-electron chi connectivity index (χ1n) is 6.03. The topological polar surface area (TPSA) is 52.5 Å². The molecule has 102 valence electrons. The van der Waals surface area contributed by atoms with Crippen molar-refractivity contribution in [1.29, 1.82) is 0 Å². The smallest absolute Gasteiger partial charge is 0.0864 e. The Bertz CT molecular complexity index is 376. The number of benzene rings is 1. The lowest BCUT2D eigenvalue weighted by Gasteiger charge is -2.15. The first-order valence-corrected chi connectivity index (χ1v) is 7.80. The fourth-order valence-electron chi connectivity index (χ4n) is 1.61. The predicted molar refractivity (Wildman–Crippen MR) is 80.1 cm³/mol. The zero-order valence-electron chi connectivity index (χ0n) is 10.7. The van der Waals surface area contributed by atoms with Crippen LogP contribution in [0.15, 0.2) is 27.6 Å². The van der Waals surface area contributed by atoms with Gasteiger partial charge in [0.1, 0.15) is 0 Å². The van der Waals surface area contributed by atoms with E-state index < -0.39 is 6.10 Å². The number of hydrogen-bond acceptors (Lipinski definition) is 4. The Kier molecular flexibility index (Phi) is 7.26. The van der Waals surface area contributed by atoms with Gasteiger partial charge in [-0.3, -0.25) is 0 Å². The normalized spacial score (nSPS) is 14.5. The molecule has 0 fully saturated rings. The fourth-order valence-corrected chi connectivity index (χ4v) is 3.34. The Morgan fingerprint density at radius 2 is 2.17 bits per heavy atom. The molecule has 0 amide bonds. The second-order valence-corrected chi connectivity index (χ2v) is 6.06. The van der Waals surface area contributed by atoms with Crippen molar-refractivity contribution in [2.24, 2.45) is 0 Å². The SMILES string of the molecule is CCNC(C)c1ccc(SCC(O)CO)cc1Br. The molecule has 0 aliphatic carbocycles. The van der Waals surface area contributed by atoms with E-state index in [4.69, 9.17) is 5.11 Å². The number of aliphatic hydroxyl groups is 2. The van der Waals surface area contributed by atoms with Gasteiger partial charge >= 0.3 is 0 Å². The first kappa shape index (κ1) is 16.0. The Morgan fingerprint density at radius 1 is 1.44 bits per heavy atom. The molecule has 3 N–H and O–H groups in total. The van der Waals surface area contributed by atoms with Crippen LogP contribution in [0.25, 0.3) is 0 Å². The van der Waals surface area contributed by atoms with E-state index in [0.29, 0.717) is 11.8 Å². The maximum atomic E-state index is 9.31. The zero-order valence-corrected chi connectivity index (χ0v) is 13.1. The molecule has 2 atom stereocenters. The van der Waals surface area contributed by atoms with E-state index in [2.05, 4.69) is 47.2 Å². The van der Waals surface area contributed by atoms with Crippen molar-refractivity contribution >= 4 is 27.7 Å². The van der Waals surface area contributed by atoms with Crippen molar-refractivity contribution in [3.05, 3.63) is 28.2 Å². The van der Waals surface area contributed by atoms with E-state index in [1.165, 1.54) is 5.56 Å². The highest BCUT2D eigenvalue weighted by Gasteiger charge is 2.09. The van der Waals surface area contributed by atoms with Crippen LogP contribution in [0, 0.1) is 0 Å². The molecule has 18 heavy (non-hydrogen) atoms. The summed E-state index contributed by atoms with van der Waals surface area (Å²) in [6.45, 7) is 4.97.